The average Bonchev–Trinajstić information content (AvgIpc) is 3.02. The SMILES string of the molecule is CCn1nccc1CN(C)C(=O)C1(C)Oc2ccc(C)cc2NC1=O. The van der Waals surface area contributed by atoms with E-state index in [1.807, 2.05) is 36.7 Å². The fourth-order valence-corrected chi connectivity index (χ4v) is 2.94. The standard InChI is InChI=1S/C18H22N4O3/c1-5-22-13(8-9-19-22)11-21(4)17(24)18(3)16(23)20-14-10-12(2)6-7-15(14)25-18/h6-10H,5,11H2,1-4H3,(H,20,23). The largest absolute Gasteiger partial charge is 0.466 e. The van der Waals surface area contributed by atoms with E-state index in [-0.39, 0.29) is 0 Å². The van der Waals surface area contributed by atoms with E-state index in [4.69, 9.17) is 4.74 Å². The van der Waals surface area contributed by atoms with Gasteiger partial charge in [0, 0.05) is 19.8 Å². The molecule has 1 unspecified atom stereocenters. The second-order valence-corrected chi connectivity index (χ2v) is 6.39. The number of carbonyl (C=O) groups excluding carboxylic acids is 2. The van der Waals surface area contributed by atoms with Crippen LogP contribution in [-0.4, -0.2) is 39.1 Å². The van der Waals surface area contributed by atoms with Gasteiger partial charge in [0.2, 0.25) is 0 Å². The van der Waals surface area contributed by atoms with Crippen molar-refractivity contribution in [2.75, 3.05) is 12.4 Å². The molecule has 132 valence electrons. The van der Waals surface area contributed by atoms with Crippen LogP contribution in [0.4, 0.5) is 5.69 Å². The van der Waals surface area contributed by atoms with Crippen LogP contribution in [0.2, 0.25) is 0 Å². The minimum atomic E-state index is -1.60. The lowest BCUT2D eigenvalue weighted by Gasteiger charge is -2.36. The number of anilines is 1. The van der Waals surface area contributed by atoms with E-state index in [1.165, 1.54) is 11.8 Å². The number of nitrogens with zero attached hydrogens (tertiary/aromatic N) is 3. The smallest absolute Gasteiger partial charge is 0.278 e. The quantitative estimate of drug-likeness (QED) is 0.862. The van der Waals surface area contributed by atoms with Crippen LogP contribution >= 0.6 is 0 Å². The second-order valence-electron chi connectivity index (χ2n) is 6.39. The molecule has 0 fully saturated rings. The van der Waals surface area contributed by atoms with E-state index in [0.717, 1.165) is 11.3 Å². The Bertz CT molecular complexity index is 829. The number of likely N-dealkylation sites (N-methyl/N-ethyl adjacent to an activating group) is 1. The highest BCUT2D eigenvalue weighted by atomic mass is 16.5. The van der Waals surface area contributed by atoms with E-state index in [1.54, 1.807) is 19.3 Å². The van der Waals surface area contributed by atoms with Gasteiger partial charge in [-0.2, -0.15) is 5.10 Å². The monoisotopic (exact) mass is 342 g/mol. The van der Waals surface area contributed by atoms with Crippen LogP contribution in [0.15, 0.2) is 30.5 Å². The highest BCUT2D eigenvalue weighted by molar-refractivity contribution is 6.15. The molecule has 3 rings (SSSR count). The van der Waals surface area contributed by atoms with Crippen LogP contribution in [0.3, 0.4) is 0 Å². The summed E-state index contributed by atoms with van der Waals surface area (Å²) in [5.74, 6) is -0.375. The molecule has 0 radical (unpaired) electrons. The van der Waals surface area contributed by atoms with Gasteiger partial charge in [-0.05, 0) is 44.5 Å². The maximum Gasteiger partial charge on any atom is 0.278 e. The maximum absolute atomic E-state index is 12.9. The van der Waals surface area contributed by atoms with Gasteiger partial charge in [0.25, 0.3) is 17.4 Å². The number of nitrogens with one attached hydrogen (secondary N) is 1. The Balaban J connectivity index is 1.83. The number of carbonyl (C=O) groups is 2. The molecule has 7 heteroatoms. The minimum Gasteiger partial charge on any atom is -0.466 e. The summed E-state index contributed by atoms with van der Waals surface area (Å²) in [5, 5.41) is 6.98. The van der Waals surface area contributed by atoms with Crippen LogP contribution in [0.5, 0.6) is 5.75 Å². The molecule has 1 aromatic heterocycles. The summed E-state index contributed by atoms with van der Waals surface area (Å²) < 4.78 is 7.63. The van der Waals surface area contributed by atoms with Crippen LogP contribution in [0.1, 0.15) is 25.1 Å². The molecule has 25 heavy (non-hydrogen) atoms. The van der Waals surface area contributed by atoms with Crippen LogP contribution in [0.25, 0.3) is 0 Å². The van der Waals surface area contributed by atoms with Crippen molar-refractivity contribution in [3.05, 3.63) is 41.7 Å². The zero-order valence-corrected chi connectivity index (χ0v) is 14.9. The number of aryl methyl sites for hydroxylation is 2. The lowest BCUT2D eigenvalue weighted by Crippen LogP contribution is -2.58. The van der Waals surface area contributed by atoms with Gasteiger partial charge in [-0.25, -0.2) is 0 Å². The van der Waals surface area contributed by atoms with Gasteiger partial charge in [0.1, 0.15) is 5.75 Å². The van der Waals surface area contributed by atoms with Crippen molar-refractivity contribution in [1.82, 2.24) is 14.7 Å². The lowest BCUT2D eigenvalue weighted by atomic mass is 10.0. The molecule has 1 aliphatic heterocycles. The fraction of sp³-hybridized carbons (Fsp3) is 0.389. The second kappa shape index (κ2) is 6.23. The van der Waals surface area contributed by atoms with E-state index >= 15 is 0 Å². The van der Waals surface area contributed by atoms with Crippen molar-refractivity contribution in [3.8, 4) is 5.75 Å². The summed E-state index contributed by atoms with van der Waals surface area (Å²) in [7, 11) is 1.65. The number of ether oxygens (including phenoxy) is 1. The van der Waals surface area contributed by atoms with Crippen molar-refractivity contribution >= 4 is 17.5 Å². The first kappa shape index (κ1) is 17.0. The van der Waals surface area contributed by atoms with Crippen molar-refractivity contribution in [2.24, 2.45) is 0 Å². The van der Waals surface area contributed by atoms with Gasteiger partial charge in [-0.3, -0.25) is 14.3 Å². The topological polar surface area (TPSA) is 76.5 Å². The van der Waals surface area contributed by atoms with E-state index < -0.39 is 17.4 Å². The third kappa shape index (κ3) is 2.97. The molecule has 0 spiro atoms. The van der Waals surface area contributed by atoms with Crippen molar-refractivity contribution in [2.45, 2.75) is 39.5 Å². The summed E-state index contributed by atoms with van der Waals surface area (Å²) in [6.45, 7) is 6.47. The zero-order chi connectivity index (χ0) is 18.2. The molecule has 0 saturated heterocycles. The van der Waals surface area contributed by atoms with E-state index in [2.05, 4.69) is 10.4 Å². The molecule has 7 nitrogen and oxygen atoms in total. The Kier molecular flexibility index (Phi) is 4.24. The van der Waals surface area contributed by atoms with Gasteiger partial charge in [-0.15, -0.1) is 0 Å². The first-order valence-electron chi connectivity index (χ1n) is 8.22. The van der Waals surface area contributed by atoms with Gasteiger partial charge in [-0.1, -0.05) is 6.07 Å². The normalized spacial score (nSPS) is 19.0. The van der Waals surface area contributed by atoms with Crippen LogP contribution < -0.4 is 10.1 Å². The molecule has 0 saturated carbocycles. The van der Waals surface area contributed by atoms with E-state index in [0.29, 0.717) is 24.5 Å². The Morgan fingerprint density at radius 1 is 1.40 bits per heavy atom. The molecule has 2 heterocycles. The summed E-state index contributed by atoms with van der Waals surface area (Å²) in [4.78, 5) is 27.0. The Morgan fingerprint density at radius 3 is 2.88 bits per heavy atom. The predicted molar refractivity (Wildman–Crippen MR) is 93.2 cm³/mol. The Hall–Kier alpha value is -2.83. The highest BCUT2D eigenvalue weighted by Crippen LogP contribution is 2.35. The third-order valence-corrected chi connectivity index (χ3v) is 4.39. The molecular formula is C18H22N4O3. The summed E-state index contributed by atoms with van der Waals surface area (Å²) in [5.41, 5.74) is 0.882. The predicted octanol–water partition coefficient (Wildman–Crippen LogP) is 1.96. The zero-order valence-electron chi connectivity index (χ0n) is 14.9. The Morgan fingerprint density at radius 2 is 2.16 bits per heavy atom. The van der Waals surface area contributed by atoms with Gasteiger partial charge in [0.15, 0.2) is 0 Å². The molecule has 0 aliphatic carbocycles. The summed E-state index contributed by atoms with van der Waals surface area (Å²) in [6, 6.07) is 7.32. The first-order valence-corrected chi connectivity index (χ1v) is 8.22. The highest BCUT2D eigenvalue weighted by Gasteiger charge is 2.48. The molecule has 1 N–H and O–H groups in total. The van der Waals surface area contributed by atoms with Crippen molar-refractivity contribution in [3.63, 3.8) is 0 Å². The van der Waals surface area contributed by atoms with Crippen LogP contribution in [-0.2, 0) is 22.7 Å². The van der Waals surface area contributed by atoms with Gasteiger partial charge < -0.3 is 15.0 Å². The molecule has 0 bridgehead atoms. The lowest BCUT2D eigenvalue weighted by molar-refractivity contribution is -0.154. The number of rotatable bonds is 4. The van der Waals surface area contributed by atoms with E-state index in [9.17, 15) is 9.59 Å². The molecule has 2 aromatic rings. The number of amides is 2. The molecular weight excluding hydrogens is 320 g/mol. The third-order valence-electron chi connectivity index (χ3n) is 4.39. The number of hydrogen-bond acceptors (Lipinski definition) is 4. The molecule has 1 aromatic carbocycles. The summed E-state index contributed by atoms with van der Waals surface area (Å²) in [6.07, 6.45) is 1.70. The minimum absolute atomic E-state index is 0.347. The molecule has 1 aliphatic rings. The number of hydrogen-bond donors (Lipinski definition) is 1. The maximum atomic E-state index is 12.9. The first-order chi connectivity index (χ1) is 11.8. The van der Waals surface area contributed by atoms with Crippen LogP contribution in [0, 0.1) is 6.92 Å². The number of aromatic nitrogens is 2. The number of fused-ring (bicyclic) bond motifs is 1. The van der Waals surface area contributed by atoms with Crippen molar-refractivity contribution in [1.29, 1.82) is 0 Å². The average molecular weight is 342 g/mol. The Labute approximate surface area is 146 Å². The molecule has 2 amide bonds. The van der Waals surface area contributed by atoms with Crippen molar-refractivity contribution < 1.29 is 14.3 Å². The van der Waals surface area contributed by atoms with Gasteiger partial charge >= 0.3 is 0 Å². The van der Waals surface area contributed by atoms with Gasteiger partial charge in [0.05, 0.1) is 17.9 Å². The fourth-order valence-electron chi connectivity index (χ4n) is 2.94. The number of benzene rings is 1. The molecule has 1 atom stereocenters. The summed E-state index contributed by atoms with van der Waals surface area (Å²) >= 11 is 0.